The minimum absolute atomic E-state index is 0.000270. The molecule has 144 valence electrons. The maximum absolute atomic E-state index is 12.7. The summed E-state index contributed by atoms with van der Waals surface area (Å²) in [6, 6.07) is 6.29. The zero-order valence-corrected chi connectivity index (χ0v) is 15.2. The smallest absolute Gasteiger partial charge is 0.291 e. The van der Waals surface area contributed by atoms with E-state index in [2.05, 4.69) is 15.3 Å². The van der Waals surface area contributed by atoms with Gasteiger partial charge in [-0.25, -0.2) is 9.78 Å². The number of hydrogen-bond donors (Lipinski definition) is 2. The summed E-state index contributed by atoms with van der Waals surface area (Å²) >= 11 is 11.8. The largest absolute Gasteiger partial charge is 0.416 e. The van der Waals surface area contributed by atoms with E-state index < -0.39 is 23.7 Å². The average molecular weight is 429 g/mol. The van der Waals surface area contributed by atoms with Crippen molar-refractivity contribution in [1.82, 2.24) is 15.3 Å². The highest BCUT2D eigenvalue weighted by molar-refractivity contribution is 6.40. The molecule has 3 rings (SSSR count). The van der Waals surface area contributed by atoms with Crippen LogP contribution in [0.4, 0.5) is 23.8 Å². The minimum atomic E-state index is -4.51. The summed E-state index contributed by atoms with van der Waals surface area (Å²) in [5.41, 5.74) is -0.814. The lowest BCUT2D eigenvalue weighted by molar-refractivity contribution is -0.137. The number of hydrogen-bond acceptors (Lipinski definition) is 4. The second-order valence-corrected chi connectivity index (χ2v) is 6.28. The van der Waals surface area contributed by atoms with Crippen molar-refractivity contribution in [2.75, 3.05) is 5.32 Å². The van der Waals surface area contributed by atoms with Crippen molar-refractivity contribution >= 4 is 52.0 Å². The van der Waals surface area contributed by atoms with Gasteiger partial charge in [-0.3, -0.25) is 20.4 Å². The number of nitrogens with one attached hydrogen (secondary N) is 2. The predicted octanol–water partition coefficient (Wildman–Crippen LogP) is 4.92. The second-order valence-electron chi connectivity index (χ2n) is 5.46. The zero-order valence-electron chi connectivity index (χ0n) is 13.6. The Morgan fingerprint density at radius 3 is 2.32 bits per heavy atom. The molecular weight excluding hydrogens is 420 g/mol. The quantitative estimate of drug-likeness (QED) is 0.606. The van der Waals surface area contributed by atoms with Crippen molar-refractivity contribution in [3.8, 4) is 0 Å². The molecule has 2 aromatic carbocycles. The van der Waals surface area contributed by atoms with E-state index in [1.165, 1.54) is 18.2 Å². The van der Waals surface area contributed by atoms with Crippen molar-refractivity contribution in [2.45, 2.75) is 6.18 Å². The number of alkyl halides is 3. The molecule has 1 aromatic heterocycles. The van der Waals surface area contributed by atoms with E-state index in [4.69, 9.17) is 23.2 Å². The van der Waals surface area contributed by atoms with E-state index >= 15 is 0 Å². The van der Waals surface area contributed by atoms with E-state index in [0.29, 0.717) is 0 Å². The number of amides is 3. The number of aromatic nitrogens is 2. The summed E-state index contributed by atoms with van der Waals surface area (Å²) in [7, 11) is 0. The van der Waals surface area contributed by atoms with Crippen molar-refractivity contribution in [3.63, 3.8) is 0 Å². The number of imide groups is 1. The first-order valence-electron chi connectivity index (χ1n) is 7.55. The fourth-order valence-electron chi connectivity index (χ4n) is 2.28. The number of carbonyl (C=O) groups is 2. The van der Waals surface area contributed by atoms with Gasteiger partial charge in [-0.2, -0.15) is 13.2 Å². The van der Waals surface area contributed by atoms with Crippen LogP contribution in [0.2, 0.25) is 10.0 Å². The maximum atomic E-state index is 12.7. The Labute approximate surface area is 165 Å². The molecule has 1 heterocycles. The van der Waals surface area contributed by atoms with Crippen LogP contribution in [0.25, 0.3) is 11.0 Å². The van der Waals surface area contributed by atoms with Crippen LogP contribution in [0.3, 0.4) is 0 Å². The lowest BCUT2D eigenvalue weighted by Gasteiger charge is -2.10. The molecule has 0 radical (unpaired) electrons. The number of benzene rings is 2. The van der Waals surface area contributed by atoms with E-state index in [1.807, 2.05) is 5.32 Å². The third-order valence-corrected chi connectivity index (χ3v) is 4.16. The highest BCUT2D eigenvalue weighted by atomic mass is 35.5. The predicted molar refractivity (Wildman–Crippen MR) is 97.5 cm³/mol. The third-order valence-electron chi connectivity index (χ3n) is 3.53. The number of fused-ring (bicyclic) bond motifs is 1. The number of anilines is 1. The molecule has 0 bridgehead atoms. The first-order valence-corrected chi connectivity index (χ1v) is 8.31. The Morgan fingerprint density at radius 1 is 1.00 bits per heavy atom. The second kappa shape index (κ2) is 7.61. The first-order chi connectivity index (χ1) is 13.1. The molecule has 0 aliphatic carbocycles. The molecule has 0 saturated carbocycles. The van der Waals surface area contributed by atoms with E-state index in [9.17, 15) is 22.8 Å². The average Bonchev–Trinajstić information content (AvgIpc) is 2.60. The van der Waals surface area contributed by atoms with Gasteiger partial charge >= 0.3 is 12.2 Å². The molecule has 0 unspecified atom stereocenters. The lowest BCUT2D eigenvalue weighted by Crippen LogP contribution is -2.35. The number of rotatable bonds is 2. The Bertz CT molecular complexity index is 1070. The van der Waals surface area contributed by atoms with Gasteiger partial charge in [0.05, 0.1) is 38.4 Å². The third kappa shape index (κ3) is 4.32. The molecule has 3 amide bonds. The van der Waals surface area contributed by atoms with E-state index in [-0.39, 0.29) is 32.5 Å². The summed E-state index contributed by atoms with van der Waals surface area (Å²) in [5.74, 6) is -0.903. The van der Waals surface area contributed by atoms with Gasteiger partial charge in [-0.1, -0.05) is 29.3 Å². The van der Waals surface area contributed by atoms with Gasteiger partial charge in [-0.15, -0.1) is 0 Å². The van der Waals surface area contributed by atoms with Gasteiger partial charge in [0.15, 0.2) is 5.82 Å². The summed E-state index contributed by atoms with van der Waals surface area (Å²) in [6.07, 6.45) is -3.44. The standard InChI is InChI=1S/C17H9Cl2F3N4O2/c18-9-2-1-3-10(19)14(9)15(27)26-16(28)25-13-7-23-12-6-8(17(20,21)22)4-5-11(12)24-13/h1-7H,(H2,24,25,26,27,28). The Morgan fingerprint density at radius 2 is 1.68 bits per heavy atom. The normalized spacial score (nSPS) is 11.3. The van der Waals surface area contributed by atoms with Crippen LogP contribution in [0.1, 0.15) is 15.9 Å². The van der Waals surface area contributed by atoms with Crippen LogP contribution in [0.5, 0.6) is 0 Å². The Hall–Kier alpha value is -2.91. The maximum Gasteiger partial charge on any atom is 0.416 e. The molecule has 11 heteroatoms. The van der Waals surface area contributed by atoms with E-state index in [1.54, 1.807) is 0 Å². The molecule has 0 saturated heterocycles. The molecule has 0 aliphatic heterocycles. The molecule has 0 fully saturated rings. The fraction of sp³-hybridized carbons (Fsp3) is 0.0588. The lowest BCUT2D eigenvalue weighted by atomic mass is 10.2. The summed E-state index contributed by atoms with van der Waals surface area (Å²) in [5, 5.41) is 4.41. The molecule has 2 N–H and O–H groups in total. The van der Waals surface area contributed by atoms with Crippen LogP contribution in [0.15, 0.2) is 42.6 Å². The zero-order chi connectivity index (χ0) is 20.5. The number of carbonyl (C=O) groups excluding carboxylic acids is 2. The first kappa shape index (κ1) is 19.8. The topological polar surface area (TPSA) is 84.0 Å². The summed E-state index contributed by atoms with van der Waals surface area (Å²) in [4.78, 5) is 32.0. The van der Waals surface area contributed by atoms with Gasteiger partial charge in [0.25, 0.3) is 5.91 Å². The Kier molecular flexibility index (Phi) is 5.39. The highest BCUT2D eigenvalue weighted by Gasteiger charge is 2.30. The van der Waals surface area contributed by atoms with Crippen LogP contribution < -0.4 is 10.6 Å². The van der Waals surface area contributed by atoms with Crippen LogP contribution in [-0.2, 0) is 6.18 Å². The molecule has 28 heavy (non-hydrogen) atoms. The summed E-state index contributed by atoms with van der Waals surface area (Å²) in [6.45, 7) is 0. The fourth-order valence-corrected chi connectivity index (χ4v) is 2.84. The van der Waals surface area contributed by atoms with Gasteiger partial charge in [0, 0.05) is 0 Å². The van der Waals surface area contributed by atoms with Crippen molar-refractivity contribution in [2.24, 2.45) is 0 Å². The number of urea groups is 1. The van der Waals surface area contributed by atoms with Gasteiger partial charge < -0.3 is 0 Å². The number of nitrogens with zero attached hydrogens (tertiary/aromatic N) is 2. The molecule has 0 atom stereocenters. The molecule has 0 spiro atoms. The van der Waals surface area contributed by atoms with Gasteiger partial charge in [0.2, 0.25) is 0 Å². The molecule has 3 aromatic rings. The number of halogens is 5. The molecule has 6 nitrogen and oxygen atoms in total. The molecular formula is C17H9Cl2F3N4O2. The van der Waals surface area contributed by atoms with E-state index in [0.717, 1.165) is 24.4 Å². The Balaban J connectivity index is 1.75. The van der Waals surface area contributed by atoms with Crippen molar-refractivity contribution in [3.05, 3.63) is 63.8 Å². The van der Waals surface area contributed by atoms with Crippen molar-refractivity contribution in [1.29, 1.82) is 0 Å². The molecule has 0 aliphatic rings. The highest BCUT2D eigenvalue weighted by Crippen LogP contribution is 2.30. The van der Waals surface area contributed by atoms with Crippen LogP contribution in [-0.4, -0.2) is 21.9 Å². The van der Waals surface area contributed by atoms with Crippen LogP contribution >= 0.6 is 23.2 Å². The monoisotopic (exact) mass is 428 g/mol. The van der Waals surface area contributed by atoms with Crippen LogP contribution in [0, 0.1) is 0 Å². The minimum Gasteiger partial charge on any atom is -0.291 e. The van der Waals surface area contributed by atoms with Gasteiger partial charge in [0.1, 0.15) is 0 Å². The van der Waals surface area contributed by atoms with Gasteiger partial charge in [-0.05, 0) is 30.3 Å². The summed E-state index contributed by atoms with van der Waals surface area (Å²) < 4.78 is 38.2. The SMILES string of the molecule is O=C(NC(=O)c1c(Cl)cccc1Cl)Nc1cnc2cc(C(F)(F)F)ccc2n1. The van der Waals surface area contributed by atoms with Crippen molar-refractivity contribution < 1.29 is 22.8 Å².